The molecule has 0 bridgehead atoms. The number of aromatic amines is 1. The van der Waals surface area contributed by atoms with E-state index in [0.29, 0.717) is 11.7 Å². The number of nitrogens with one attached hydrogen (secondary N) is 2. The van der Waals surface area contributed by atoms with Crippen LogP contribution in [0.1, 0.15) is 17.0 Å². The number of amides is 1. The summed E-state index contributed by atoms with van der Waals surface area (Å²) in [6, 6.07) is 0. The summed E-state index contributed by atoms with van der Waals surface area (Å²) in [5.41, 5.74) is 0. The van der Waals surface area contributed by atoms with Gasteiger partial charge >= 0.3 is 0 Å². The minimum Gasteiger partial charge on any atom is -0.336 e. The quantitative estimate of drug-likeness (QED) is 0.703. The van der Waals surface area contributed by atoms with E-state index in [0.717, 1.165) is 26.1 Å². The van der Waals surface area contributed by atoms with E-state index < -0.39 is 0 Å². The van der Waals surface area contributed by atoms with Gasteiger partial charge in [0.1, 0.15) is 6.33 Å². The standard InChI is InChI=1S/C9H15N5O/c1-10-4-7-2-3-14(5-7)9(15)8-11-6-12-13-8/h6-7,10H,2-5H2,1H3,(H,11,12,13). The van der Waals surface area contributed by atoms with Gasteiger partial charge in [0.05, 0.1) is 0 Å². The van der Waals surface area contributed by atoms with Gasteiger partial charge in [-0.1, -0.05) is 0 Å². The molecule has 1 fully saturated rings. The van der Waals surface area contributed by atoms with Crippen LogP contribution in [0.5, 0.6) is 0 Å². The van der Waals surface area contributed by atoms with Gasteiger partial charge in [-0.05, 0) is 25.9 Å². The molecule has 0 saturated carbocycles. The number of aromatic nitrogens is 3. The molecule has 0 radical (unpaired) electrons. The Kier molecular flexibility index (Phi) is 2.96. The molecule has 1 saturated heterocycles. The number of carbonyl (C=O) groups excluding carboxylic acids is 1. The largest absolute Gasteiger partial charge is 0.336 e. The topological polar surface area (TPSA) is 73.9 Å². The minimum atomic E-state index is -0.0499. The van der Waals surface area contributed by atoms with Crippen molar-refractivity contribution in [3.05, 3.63) is 12.2 Å². The van der Waals surface area contributed by atoms with Gasteiger partial charge in [0.15, 0.2) is 0 Å². The smallest absolute Gasteiger partial charge is 0.291 e. The number of carbonyl (C=O) groups is 1. The van der Waals surface area contributed by atoms with Gasteiger partial charge in [0, 0.05) is 13.1 Å². The van der Waals surface area contributed by atoms with Gasteiger partial charge in [-0.25, -0.2) is 4.98 Å². The monoisotopic (exact) mass is 209 g/mol. The highest BCUT2D eigenvalue weighted by atomic mass is 16.2. The van der Waals surface area contributed by atoms with Crippen molar-refractivity contribution in [3.63, 3.8) is 0 Å². The summed E-state index contributed by atoms with van der Waals surface area (Å²) in [5.74, 6) is 0.841. The Morgan fingerprint density at radius 1 is 1.80 bits per heavy atom. The van der Waals surface area contributed by atoms with Crippen LogP contribution in [0.2, 0.25) is 0 Å². The fourth-order valence-electron chi connectivity index (χ4n) is 1.93. The zero-order valence-electron chi connectivity index (χ0n) is 8.73. The molecule has 0 aromatic carbocycles. The van der Waals surface area contributed by atoms with E-state index in [2.05, 4.69) is 20.5 Å². The van der Waals surface area contributed by atoms with E-state index in [1.54, 1.807) is 0 Å². The van der Waals surface area contributed by atoms with Gasteiger partial charge in [-0.3, -0.25) is 9.89 Å². The highest BCUT2D eigenvalue weighted by Gasteiger charge is 2.27. The first-order valence-electron chi connectivity index (χ1n) is 5.10. The summed E-state index contributed by atoms with van der Waals surface area (Å²) in [4.78, 5) is 17.5. The number of rotatable bonds is 3. The number of H-pyrrole nitrogens is 1. The van der Waals surface area contributed by atoms with Crippen molar-refractivity contribution in [1.82, 2.24) is 25.4 Å². The molecule has 15 heavy (non-hydrogen) atoms. The normalized spacial score (nSPS) is 20.9. The maximum absolute atomic E-state index is 11.8. The average molecular weight is 209 g/mol. The van der Waals surface area contributed by atoms with Crippen molar-refractivity contribution < 1.29 is 4.79 Å². The molecule has 1 atom stereocenters. The predicted molar refractivity (Wildman–Crippen MR) is 54.3 cm³/mol. The molecule has 6 heteroatoms. The van der Waals surface area contributed by atoms with Gasteiger partial charge in [-0.15, -0.1) is 0 Å². The zero-order valence-corrected chi connectivity index (χ0v) is 8.73. The predicted octanol–water partition coefficient (Wildman–Crippen LogP) is -0.514. The van der Waals surface area contributed by atoms with E-state index in [1.165, 1.54) is 6.33 Å². The van der Waals surface area contributed by atoms with E-state index in [4.69, 9.17) is 0 Å². The molecule has 2 rings (SSSR count). The maximum atomic E-state index is 11.8. The molecular formula is C9H15N5O. The highest BCUT2D eigenvalue weighted by Crippen LogP contribution is 2.16. The summed E-state index contributed by atoms with van der Waals surface area (Å²) in [7, 11) is 1.93. The Morgan fingerprint density at radius 3 is 3.33 bits per heavy atom. The van der Waals surface area contributed by atoms with Crippen LogP contribution in [-0.4, -0.2) is 52.7 Å². The second-order valence-corrected chi connectivity index (χ2v) is 3.80. The fraction of sp³-hybridized carbons (Fsp3) is 0.667. The second kappa shape index (κ2) is 4.39. The van der Waals surface area contributed by atoms with Crippen LogP contribution < -0.4 is 5.32 Å². The Labute approximate surface area is 88.1 Å². The van der Waals surface area contributed by atoms with Crippen LogP contribution in [0, 0.1) is 5.92 Å². The van der Waals surface area contributed by atoms with Crippen LogP contribution in [0.4, 0.5) is 0 Å². The molecule has 1 aliphatic rings. The SMILES string of the molecule is CNCC1CCN(C(=O)c2ncn[nH]2)C1. The molecular weight excluding hydrogens is 194 g/mol. The van der Waals surface area contributed by atoms with Crippen molar-refractivity contribution >= 4 is 5.91 Å². The number of hydrogen-bond donors (Lipinski definition) is 2. The summed E-state index contributed by atoms with van der Waals surface area (Å²) in [6.45, 7) is 2.58. The molecule has 2 N–H and O–H groups in total. The van der Waals surface area contributed by atoms with E-state index in [-0.39, 0.29) is 5.91 Å². The number of hydrogen-bond acceptors (Lipinski definition) is 4. The van der Waals surface area contributed by atoms with E-state index >= 15 is 0 Å². The molecule has 2 heterocycles. The third-order valence-electron chi connectivity index (χ3n) is 2.68. The molecule has 1 aromatic rings. The average Bonchev–Trinajstić information content (AvgIpc) is 2.87. The summed E-state index contributed by atoms with van der Waals surface area (Å²) in [6.07, 6.45) is 2.41. The van der Waals surface area contributed by atoms with Crippen LogP contribution >= 0.6 is 0 Å². The Bertz CT molecular complexity index is 323. The molecule has 6 nitrogen and oxygen atoms in total. The van der Waals surface area contributed by atoms with E-state index in [1.807, 2.05) is 11.9 Å². The summed E-state index contributed by atoms with van der Waals surface area (Å²) >= 11 is 0. The molecule has 0 spiro atoms. The van der Waals surface area contributed by atoms with Crippen molar-refractivity contribution in [2.75, 3.05) is 26.7 Å². The first kappa shape index (κ1) is 10.1. The maximum Gasteiger partial charge on any atom is 0.291 e. The second-order valence-electron chi connectivity index (χ2n) is 3.80. The molecule has 1 aliphatic heterocycles. The van der Waals surface area contributed by atoms with E-state index in [9.17, 15) is 4.79 Å². The van der Waals surface area contributed by atoms with Gasteiger partial charge < -0.3 is 10.2 Å². The van der Waals surface area contributed by atoms with Crippen molar-refractivity contribution in [1.29, 1.82) is 0 Å². The number of likely N-dealkylation sites (tertiary alicyclic amines) is 1. The molecule has 82 valence electrons. The van der Waals surface area contributed by atoms with Crippen LogP contribution in [-0.2, 0) is 0 Å². The molecule has 1 amide bonds. The summed E-state index contributed by atoms with van der Waals surface area (Å²) in [5, 5.41) is 9.40. The lowest BCUT2D eigenvalue weighted by Crippen LogP contribution is -2.31. The van der Waals surface area contributed by atoms with Crippen molar-refractivity contribution in [3.8, 4) is 0 Å². The lowest BCUT2D eigenvalue weighted by atomic mass is 10.1. The van der Waals surface area contributed by atoms with Gasteiger partial charge in [-0.2, -0.15) is 5.10 Å². The Balaban J connectivity index is 1.93. The van der Waals surface area contributed by atoms with Gasteiger partial charge in [0.25, 0.3) is 5.91 Å². The van der Waals surface area contributed by atoms with Gasteiger partial charge in [0.2, 0.25) is 5.82 Å². The van der Waals surface area contributed by atoms with Crippen LogP contribution in [0.25, 0.3) is 0 Å². The zero-order chi connectivity index (χ0) is 10.7. The first-order chi connectivity index (χ1) is 7.31. The number of nitrogens with zero attached hydrogens (tertiary/aromatic N) is 3. The van der Waals surface area contributed by atoms with Crippen LogP contribution in [0.15, 0.2) is 6.33 Å². The van der Waals surface area contributed by atoms with Crippen LogP contribution in [0.3, 0.4) is 0 Å². The lowest BCUT2D eigenvalue weighted by molar-refractivity contribution is 0.0775. The lowest BCUT2D eigenvalue weighted by Gasteiger charge is -2.14. The minimum absolute atomic E-state index is 0.0499. The highest BCUT2D eigenvalue weighted by molar-refractivity contribution is 5.90. The van der Waals surface area contributed by atoms with Crippen molar-refractivity contribution in [2.24, 2.45) is 5.92 Å². The first-order valence-corrected chi connectivity index (χ1v) is 5.10. The Hall–Kier alpha value is -1.43. The third-order valence-corrected chi connectivity index (χ3v) is 2.68. The molecule has 0 aliphatic carbocycles. The fourth-order valence-corrected chi connectivity index (χ4v) is 1.93. The molecule has 1 unspecified atom stereocenters. The van der Waals surface area contributed by atoms with Crippen molar-refractivity contribution in [2.45, 2.75) is 6.42 Å². The third kappa shape index (κ3) is 2.15. The Morgan fingerprint density at radius 2 is 2.67 bits per heavy atom. The molecule has 1 aromatic heterocycles. The summed E-state index contributed by atoms with van der Waals surface area (Å²) < 4.78 is 0.